The molecule has 26 heavy (non-hydrogen) atoms. The van der Waals surface area contributed by atoms with Gasteiger partial charge in [0, 0.05) is 6.42 Å². The summed E-state index contributed by atoms with van der Waals surface area (Å²) in [4.78, 5) is 39.3. The van der Waals surface area contributed by atoms with E-state index < -0.39 is 13.6 Å². The third kappa shape index (κ3) is 3.69. The van der Waals surface area contributed by atoms with Crippen molar-refractivity contribution in [1.82, 2.24) is 19.9 Å². The maximum absolute atomic E-state index is 12.7. The molecular weight excluding hydrogens is 346 g/mol. The number of hydrogen-bond acceptors (Lipinski definition) is 6. The predicted octanol–water partition coefficient (Wildman–Crippen LogP) is 3.55. The molecule has 7 nitrogen and oxygen atoms in total. The van der Waals surface area contributed by atoms with E-state index in [2.05, 4.69) is 61.5 Å². The molecule has 3 N–H and O–H groups in total. The molecule has 0 saturated heterocycles. The number of aromatic amines is 1. The molecular formula is C18H29N5O2Si. The lowest BCUT2D eigenvalue weighted by atomic mass is 10.2. The number of ketones is 1. The van der Waals surface area contributed by atoms with Crippen LogP contribution in [0.5, 0.6) is 0 Å². The van der Waals surface area contributed by atoms with Crippen LogP contribution in [0.2, 0.25) is 22.7 Å². The summed E-state index contributed by atoms with van der Waals surface area (Å²) in [5.41, 5.74) is 7.21. The van der Waals surface area contributed by atoms with Crippen molar-refractivity contribution >= 4 is 31.0 Å². The number of Topliss-reactive ketones (excluding diaryl/α,β-unsaturated/α-hetero) is 1. The quantitative estimate of drug-likeness (QED) is 0.565. The molecule has 0 spiro atoms. The van der Waals surface area contributed by atoms with Gasteiger partial charge < -0.3 is 5.73 Å². The molecule has 0 amide bonds. The van der Waals surface area contributed by atoms with Crippen molar-refractivity contribution in [3.05, 3.63) is 22.2 Å². The molecule has 2 aromatic rings. The lowest BCUT2D eigenvalue weighted by Crippen LogP contribution is -2.44. The normalized spacial score (nSPS) is 12.5. The number of nitrogens with one attached hydrogen (secondary N) is 1. The Balaban J connectivity index is 2.29. The van der Waals surface area contributed by atoms with Crippen LogP contribution in [0.4, 0.5) is 5.95 Å². The largest absolute Gasteiger partial charge is 0.369 e. The Morgan fingerprint density at radius 2 is 1.69 bits per heavy atom. The Hall–Kier alpha value is -2.09. The van der Waals surface area contributed by atoms with E-state index in [4.69, 9.17) is 5.73 Å². The van der Waals surface area contributed by atoms with Crippen LogP contribution in [-0.2, 0) is 0 Å². The second kappa shape index (κ2) is 7.65. The summed E-state index contributed by atoms with van der Waals surface area (Å²) in [7, 11) is -1.66. The van der Waals surface area contributed by atoms with Gasteiger partial charge in [0.25, 0.3) is 5.56 Å². The average Bonchev–Trinajstić information content (AvgIpc) is 2.53. The van der Waals surface area contributed by atoms with E-state index in [1.807, 2.05) is 0 Å². The number of nitrogens with zero attached hydrogens (tertiary/aromatic N) is 3. The highest BCUT2D eigenvalue weighted by atomic mass is 28.3. The molecule has 0 saturated carbocycles. The molecule has 8 heteroatoms. The highest BCUT2D eigenvalue weighted by Gasteiger charge is 2.42. The molecule has 2 heterocycles. The maximum Gasteiger partial charge on any atom is 0.280 e. The summed E-state index contributed by atoms with van der Waals surface area (Å²) in [6, 6.07) is 0.912. The Morgan fingerprint density at radius 1 is 1.12 bits per heavy atom. The number of rotatable bonds is 7. The van der Waals surface area contributed by atoms with E-state index in [0.717, 1.165) is 6.04 Å². The van der Waals surface area contributed by atoms with Gasteiger partial charge >= 0.3 is 0 Å². The van der Waals surface area contributed by atoms with Crippen molar-refractivity contribution in [2.75, 3.05) is 5.73 Å². The fourth-order valence-electron chi connectivity index (χ4n) is 4.39. The lowest BCUT2D eigenvalue weighted by molar-refractivity contribution is 0.0982. The van der Waals surface area contributed by atoms with Crippen molar-refractivity contribution in [3.8, 4) is 0 Å². The van der Waals surface area contributed by atoms with Crippen molar-refractivity contribution in [2.45, 2.75) is 70.6 Å². The van der Waals surface area contributed by atoms with Gasteiger partial charge in [0.1, 0.15) is 5.69 Å². The van der Waals surface area contributed by atoms with Gasteiger partial charge in [-0.25, -0.2) is 9.97 Å². The molecule has 0 atom stereocenters. The van der Waals surface area contributed by atoms with Crippen LogP contribution in [0.15, 0.2) is 11.0 Å². The monoisotopic (exact) mass is 375 g/mol. The molecule has 0 radical (unpaired) electrons. The van der Waals surface area contributed by atoms with Crippen LogP contribution < -0.4 is 11.3 Å². The van der Waals surface area contributed by atoms with Gasteiger partial charge in [-0.3, -0.25) is 14.6 Å². The van der Waals surface area contributed by atoms with Crippen molar-refractivity contribution in [3.63, 3.8) is 0 Å². The number of aromatic nitrogens is 4. The predicted molar refractivity (Wildman–Crippen MR) is 107 cm³/mol. The van der Waals surface area contributed by atoms with E-state index in [1.165, 1.54) is 6.20 Å². The molecule has 0 aliphatic carbocycles. The van der Waals surface area contributed by atoms with E-state index in [-0.39, 0.29) is 28.6 Å². The van der Waals surface area contributed by atoms with E-state index >= 15 is 0 Å². The van der Waals surface area contributed by atoms with Gasteiger partial charge in [0.15, 0.2) is 16.9 Å². The zero-order chi connectivity index (χ0) is 19.6. The van der Waals surface area contributed by atoms with Crippen molar-refractivity contribution in [2.24, 2.45) is 0 Å². The smallest absolute Gasteiger partial charge is 0.280 e. The fourth-order valence-corrected chi connectivity index (χ4v) is 10.8. The molecule has 142 valence electrons. The number of anilines is 1. The topological polar surface area (TPSA) is 115 Å². The second-order valence-electron chi connectivity index (χ2n) is 7.88. The Bertz CT molecular complexity index is 838. The van der Waals surface area contributed by atoms with Crippen LogP contribution in [-0.4, -0.2) is 33.8 Å². The van der Waals surface area contributed by atoms with Crippen LogP contribution in [0.3, 0.4) is 0 Å². The molecule has 0 aliphatic heterocycles. The third-order valence-corrected chi connectivity index (χ3v) is 13.3. The molecule has 2 aromatic heterocycles. The van der Waals surface area contributed by atoms with Crippen LogP contribution in [0.25, 0.3) is 11.2 Å². The number of nitrogen functional groups attached to an aromatic ring is 1. The lowest BCUT2D eigenvalue weighted by Gasteiger charge is -2.43. The number of carbonyl (C=O) groups is 1. The average molecular weight is 376 g/mol. The van der Waals surface area contributed by atoms with Gasteiger partial charge in [-0.05, 0) is 6.04 Å². The number of H-pyrrole nitrogens is 1. The first-order chi connectivity index (χ1) is 12.1. The van der Waals surface area contributed by atoms with Gasteiger partial charge in [0.05, 0.1) is 14.3 Å². The highest BCUT2D eigenvalue weighted by molar-refractivity contribution is 6.83. The first-order valence-electron chi connectivity index (χ1n) is 9.15. The summed E-state index contributed by atoms with van der Waals surface area (Å²) in [5.74, 6) is -0.0908. The molecule has 0 bridgehead atoms. The summed E-state index contributed by atoms with van der Waals surface area (Å²) in [6.45, 7) is 13.7. The molecule has 0 aromatic carbocycles. The van der Waals surface area contributed by atoms with E-state index in [0.29, 0.717) is 23.0 Å². The van der Waals surface area contributed by atoms with Gasteiger partial charge in [-0.2, -0.15) is 4.98 Å². The molecule has 0 unspecified atom stereocenters. The SMILES string of the molecule is CC(C)[Si](CCC(=O)c1cnc2nc(N)[nH]c(=O)c2n1)(C(C)C)C(C)C. The second-order valence-corrected chi connectivity index (χ2v) is 14.1. The summed E-state index contributed by atoms with van der Waals surface area (Å²) in [5, 5.41) is 0. The fraction of sp³-hybridized carbons (Fsp3) is 0.611. The number of carbonyl (C=O) groups excluding carboxylic acids is 1. The summed E-state index contributed by atoms with van der Waals surface area (Å²) >= 11 is 0. The Morgan fingerprint density at radius 3 is 2.23 bits per heavy atom. The first kappa shape index (κ1) is 20.2. The maximum atomic E-state index is 12.7. The van der Waals surface area contributed by atoms with Gasteiger partial charge in [0.2, 0.25) is 5.95 Å². The number of nitrogens with two attached hydrogens (primary N) is 1. The van der Waals surface area contributed by atoms with Crippen molar-refractivity contribution < 1.29 is 4.79 Å². The third-order valence-electron chi connectivity index (χ3n) is 5.73. The van der Waals surface area contributed by atoms with Crippen LogP contribution in [0, 0.1) is 0 Å². The van der Waals surface area contributed by atoms with Gasteiger partial charge in [-0.15, -0.1) is 0 Å². The zero-order valence-corrected chi connectivity index (χ0v) is 17.5. The standard InChI is InChI=1S/C18H29N5O2Si/c1-10(2)26(11(3)4,12(5)6)8-7-14(24)13-9-20-16-15(21-13)17(25)23-18(19)22-16/h9-12H,7-8H2,1-6H3,(H3,19,20,22,23,25). The summed E-state index contributed by atoms with van der Waals surface area (Å²) in [6.07, 6.45) is 1.82. The molecule has 2 rings (SSSR count). The van der Waals surface area contributed by atoms with E-state index in [9.17, 15) is 9.59 Å². The molecule has 0 fully saturated rings. The van der Waals surface area contributed by atoms with Crippen LogP contribution in [0.1, 0.15) is 58.5 Å². The minimum Gasteiger partial charge on any atom is -0.369 e. The van der Waals surface area contributed by atoms with Gasteiger partial charge in [-0.1, -0.05) is 58.2 Å². The zero-order valence-electron chi connectivity index (χ0n) is 16.5. The van der Waals surface area contributed by atoms with Crippen molar-refractivity contribution in [1.29, 1.82) is 0 Å². The summed E-state index contributed by atoms with van der Waals surface area (Å²) < 4.78 is 0. The highest BCUT2D eigenvalue weighted by Crippen LogP contribution is 2.45. The van der Waals surface area contributed by atoms with Crippen LogP contribution >= 0.6 is 0 Å². The first-order valence-corrected chi connectivity index (χ1v) is 11.6. The number of hydrogen-bond donors (Lipinski definition) is 2. The number of fused-ring (bicyclic) bond motifs is 1. The van der Waals surface area contributed by atoms with E-state index in [1.54, 1.807) is 0 Å². The minimum atomic E-state index is -1.66. The Labute approximate surface area is 154 Å². The molecule has 0 aliphatic rings. The Kier molecular flexibility index (Phi) is 5.95. The minimum absolute atomic E-state index is 0.0162.